The van der Waals surface area contributed by atoms with E-state index in [0.29, 0.717) is 126 Å². The van der Waals surface area contributed by atoms with Gasteiger partial charge in [0.05, 0.1) is 119 Å². The van der Waals surface area contributed by atoms with Gasteiger partial charge in [0.15, 0.2) is 6.29 Å². The van der Waals surface area contributed by atoms with Crippen LogP contribution in [0.3, 0.4) is 0 Å². The van der Waals surface area contributed by atoms with Gasteiger partial charge in [0.2, 0.25) is 0 Å². The maximum absolute atomic E-state index is 5.60. The molecule has 1 unspecified atom stereocenters. The summed E-state index contributed by atoms with van der Waals surface area (Å²) in [6.07, 6.45) is 8.27. The molecule has 0 spiro atoms. The number of hydrogen-bond donors (Lipinski definition) is 0. The fourth-order valence-corrected chi connectivity index (χ4v) is 2.97. The lowest BCUT2D eigenvalue weighted by molar-refractivity contribution is -0.169. The molecule has 0 amide bonds. The van der Waals surface area contributed by atoms with E-state index in [4.69, 9.17) is 58.5 Å². The van der Waals surface area contributed by atoms with Gasteiger partial charge < -0.3 is 52.1 Å². The van der Waals surface area contributed by atoms with E-state index < -0.39 is 0 Å². The summed E-state index contributed by atoms with van der Waals surface area (Å²) >= 11 is 0. The van der Waals surface area contributed by atoms with Crippen molar-refractivity contribution in [3.8, 4) is 12.3 Å². The smallest absolute Gasteiger partial charge is 0.157 e. The Morgan fingerprint density at radius 1 is 0.486 bits per heavy atom. The molecule has 1 fully saturated rings. The molecule has 1 aliphatic heterocycles. The normalized spacial score (nSPS) is 15.7. The van der Waals surface area contributed by atoms with E-state index in [9.17, 15) is 0 Å². The molecule has 1 saturated heterocycles. The fourth-order valence-electron chi connectivity index (χ4n) is 2.97. The van der Waals surface area contributed by atoms with Crippen molar-refractivity contribution in [1.29, 1.82) is 0 Å². The molecule has 1 aliphatic rings. The predicted molar refractivity (Wildman–Crippen MR) is 136 cm³/mol. The molecule has 0 radical (unpaired) electrons. The average molecular weight is 537 g/mol. The van der Waals surface area contributed by atoms with Gasteiger partial charge in [-0.05, 0) is 19.3 Å². The van der Waals surface area contributed by atoms with E-state index in [1.54, 1.807) is 0 Å². The standard InChI is InChI=1S/C26H48O11/c1-2-6-27-8-9-28-10-11-29-12-13-30-14-15-31-16-17-32-18-19-33-20-21-34-22-23-35-24-25-37-26-5-3-4-7-36-26/h1,26H,3-25H2. The molecule has 11 heteroatoms. The van der Waals surface area contributed by atoms with Gasteiger partial charge in [-0.3, -0.25) is 0 Å². The van der Waals surface area contributed by atoms with Crippen molar-refractivity contribution in [2.24, 2.45) is 0 Å². The summed E-state index contributed by atoms with van der Waals surface area (Å²) in [5.41, 5.74) is 0. The molecule has 218 valence electrons. The molecule has 37 heavy (non-hydrogen) atoms. The third kappa shape index (κ3) is 26.5. The highest BCUT2D eigenvalue weighted by atomic mass is 16.7. The van der Waals surface area contributed by atoms with Crippen LogP contribution in [0, 0.1) is 12.3 Å². The minimum atomic E-state index is -0.0623. The van der Waals surface area contributed by atoms with Crippen LogP contribution >= 0.6 is 0 Å². The second kappa shape index (κ2) is 29.7. The van der Waals surface area contributed by atoms with Gasteiger partial charge in [-0.1, -0.05) is 5.92 Å². The van der Waals surface area contributed by atoms with Crippen LogP contribution in [-0.2, 0) is 52.1 Å². The summed E-state index contributed by atoms with van der Waals surface area (Å²) in [6.45, 7) is 10.5. The molecule has 0 aromatic carbocycles. The molecule has 0 aromatic heterocycles. The Labute approximate surface area is 222 Å². The predicted octanol–water partition coefficient (Wildman–Crippen LogP) is 1.31. The van der Waals surface area contributed by atoms with Gasteiger partial charge >= 0.3 is 0 Å². The van der Waals surface area contributed by atoms with Crippen molar-refractivity contribution < 1.29 is 52.1 Å². The summed E-state index contributed by atoms with van der Waals surface area (Å²) in [5, 5.41) is 0. The molecule has 1 atom stereocenters. The Kier molecular flexibility index (Phi) is 27.4. The highest BCUT2D eigenvalue weighted by Crippen LogP contribution is 2.13. The summed E-state index contributed by atoms with van der Waals surface area (Å²) < 4.78 is 59.6. The lowest BCUT2D eigenvalue weighted by atomic mass is 10.2. The van der Waals surface area contributed by atoms with E-state index in [2.05, 4.69) is 5.92 Å². The van der Waals surface area contributed by atoms with Crippen molar-refractivity contribution in [3.63, 3.8) is 0 Å². The van der Waals surface area contributed by atoms with Crippen LogP contribution in [0.5, 0.6) is 0 Å². The zero-order chi connectivity index (χ0) is 26.3. The highest BCUT2D eigenvalue weighted by Gasteiger charge is 2.13. The van der Waals surface area contributed by atoms with E-state index in [-0.39, 0.29) is 6.29 Å². The Hall–Kier alpha value is -0.880. The van der Waals surface area contributed by atoms with E-state index in [1.165, 1.54) is 6.42 Å². The van der Waals surface area contributed by atoms with Crippen LogP contribution in [0.1, 0.15) is 19.3 Å². The topological polar surface area (TPSA) is 102 Å². The van der Waals surface area contributed by atoms with Crippen molar-refractivity contribution in [2.45, 2.75) is 25.6 Å². The van der Waals surface area contributed by atoms with Gasteiger partial charge in [-0.25, -0.2) is 0 Å². The quantitative estimate of drug-likeness (QED) is 0.102. The minimum absolute atomic E-state index is 0.0623. The SMILES string of the molecule is C#CCOCCOCCOCCOCCOCCOCCOCCOCCOCCOC1CCCCO1. The van der Waals surface area contributed by atoms with E-state index in [0.717, 1.165) is 19.4 Å². The minimum Gasteiger partial charge on any atom is -0.377 e. The molecule has 1 rings (SSSR count). The largest absolute Gasteiger partial charge is 0.377 e. The fraction of sp³-hybridized carbons (Fsp3) is 0.923. The lowest BCUT2D eigenvalue weighted by Crippen LogP contribution is -2.24. The third-order valence-electron chi connectivity index (χ3n) is 4.83. The molecular formula is C26H48O11. The Morgan fingerprint density at radius 3 is 1.16 bits per heavy atom. The monoisotopic (exact) mass is 536 g/mol. The summed E-state index contributed by atoms with van der Waals surface area (Å²) in [4.78, 5) is 0. The van der Waals surface area contributed by atoms with Crippen molar-refractivity contribution in [1.82, 2.24) is 0 Å². The van der Waals surface area contributed by atoms with Gasteiger partial charge in [0, 0.05) is 6.61 Å². The molecule has 0 saturated carbocycles. The van der Waals surface area contributed by atoms with Crippen LogP contribution in [-0.4, -0.2) is 138 Å². The average Bonchev–Trinajstić information content (AvgIpc) is 2.93. The van der Waals surface area contributed by atoms with E-state index in [1.807, 2.05) is 0 Å². The van der Waals surface area contributed by atoms with Gasteiger partial charge in [0.25, 0.3) is 0 Å². The number of terminal acetylenes is 1. The first-order valence-electron chi connectivity index (χ1n) is 13.3. The molecule has 0 aromatic rings. The van der Waals surface area contributed by atoms with Crippen molar-refractivity contribution in [3.05, 3.63) is 0 Å². The number of hydrogen-bond acceptors (Lipinski definition) is 11. The Bertz CT molecular complexity index is 484. The molecule has 1 heterocycles. The third-order valence-corrected chi connectivity index (χ3v) is 4.83. The first-order valence-corrected chi connectivity index (χ1v) is 13.3. The summed E-state index contributed by atoms with van der Waals surface area (Å²) in [7, 11) is 0. The summed E-state index contributed by atoms with van der Waals surface area (Å²) in [6, 6.07) is 0. The summed E-state index contributed by atoms with van der Waals surface area (Å²) in [5.74, 6) is 2.40. The maximum Gasteiger partial charge on any atom is 0.157 e. The van der Waals surface area contributed by atoms with Crippen LogP contribution < -0.4 is 0 Å². The zero-order valence-electron chi connectivity index (χ0n) is 22.4. The van der Waals surface area contributed by atoms with Crippen molar-refractivity contribution >= 4 is 0 Å². The molecular weight excluding hydrogens is 488 g/mol. The second-order valence-corrected chi connectivity index (χ2v) is 7.82. The maximum atomic E-state index is 5.60. The van der Waals surface area contributed by atoms with Gasteiger partial charge in [-0.15, -0.1) is 6.42 Å². The Morgan fingerprint density at radius 2 is 0.838 bits per heavy atom. The molecule has 0 bridgehead atoms. The van der Waals surface area contributed by atoms with Crippen molar-refractivity contribution in [2.75, 3.05) is 132 Å². The molecule has 0 aliphatic carbocycles. The van der Waals surface area contributed by atoms with Crippen LogP contribution in [0.2, 0.25) is 0 Å². The molecule has 0 N–H and O–H groups in total. The first kappa shape index (κ1) is 34.1. The van der Waals surface area contributed by atoms with Crippen LogP contribution in [0.4, 0.5) is 0 Å². The second-order valence-electron chi connectivity index (χ2n) is 7.82. The lowest BCUT2D eigenvalue weighted by Gasteiger charge is -2.22. The highest BCUT2D eigenvalue weighted by molar-refractivity contribution is 4.82. The number of ether oxygens (including phenoxy) is 11. The van der Waals surface area contributed by atoms with Crippen LogP contribution in [0.15, 0.2) is 0 Å². The number of rotatable bonds is 29. The Balaban J connectivity index is 1.61. The van der Waals surface area contributed by atoms with Crippen LogP contribution in [0.25, 0.3) is 0 Å². The molecule has 11 nitrogen and oxygen atoms in total. The van der Waals surface area contributed by atoms with Gasteiger partial charge in [-0.2, -0.15) is 0 Å². The van der Waals surface area contributed by atoms with E-state index >= 15 is 0 Å². The van der Waals surface area contributed by atoms with Gasteiger partial charge in [0.1, 0.15) is 6.61 Å². The first-order chi connectivity index (χ1) is 18.4. The zero-order valence-corrected chi connectivity index (χ0v) is 22.4.